The van der Waals surface area contributed by atoms with E-state index in [1.54, 1.807) is 24.1 Å². The van der Waals surface area contributed by atoms with Gasteiger partial charge in [0.1, 0.15) is 5.75 Å². The van der Waals surface area contributed by atoms with Crippen molar-refractivity contribution in [1.29, 1.82) is 0 Å². The van der Waals surface area contributed by atoms with E-state index in [0.29, 0.717) is 45.0 Å². The second-order valence-corrected chi connectivity index (χ2v) is 8.97. The molecule has 186 valence electrons. The van der Waals surface area contributed by atoms with Crippen LogP contribution in [0.25, 0.3) is 10.9 Å². The maximum absolute atomic E-state index is 12.9. The van der Waals surface area contributed by atoms with Crippen molar-refractivity contribution in [3.05, 3.63) is 90.0 Å². The highest BCUT2D eigenvalue weighted by atomic mass is 16.5. The van der Waals surface area contributed by atoms with E-state index in [9.17, 15) is 9.59 Å². The zero-order valence-electron chi connectivity index (χ0n) is 20.3. The van der Waals surface area contributed by atoms with E-state index >= 15 is 0 Å². The lowest BCUT2D eigenvalue weighted by molar-refractivity contribution is -0.122. The van der Waals surface area contributed by atoms with Gasteiger partial charge in [0.25, 0.3) is 5.91 Å². The average molecular weight is 487 g/mol. The molecule has 5 rings (SSSR count). The number of methoxy groups -OCH3 is 1. The molecule has 8 heteroatoms. The van der Waals surface area contributed by atoms with Gasteiger partial charge in [-0.05, 0) is 41.5 Å². The van der Waals surface area contributed by atoms with Gasteiger partial charge in [0.15, 0.2) is 5.76 Å². The Kier molecular flexibility index (Phi) is 7.04. The summed E-state index contributed by atoms with van der Waals surface area (Å²) in [4.78, 5) is 32.6. The minimum atomic E-state index is -0.106. The lowest BCUT2D eigenvalue weighted by Gasteiger charge is -2.34. The molecule has 0 bridgehead atoms. The van der Waals surface area contributed by atoms with Crippen LogP contribution in [0.3, 0.4) is 0 Å². The molecule has 36 heavy (non-hydrogen) atoms. The normalized spacial score (nSPS) is 15.1. The first-order valence-corrected chi connectivity index (χ1v) is 12.1. The highest BCUT2D eigenvalue weighted by Gasteiger charge is 2.25. The predicted molar refractivity (Wildman–Crippen MR) is 137 cm³/mol. The minimum absolute atomic E-state index is 0.0150. The second-order valence-electron chi connectivity index (χ2n) is 8.97. The number of amides is 2. The lowest BCUT2D eigenvalue weighted by Crippen LogP contribution is -2.51. The predicted octanol–water partition coefficient (Wildman–Crippen LogP) is 3.48. The number of furan rings is 1. The molecule has 1 atom stereocenters. The highest BCUT2D eigenvalue weighted by Crippen LogP contribution is 2.31. The average Bonchev–Trinajstić information content (AvgIpc) is 3.60. The molecule has 0 spiro atoms. The standard InChI is InChI=1S/C28H30N4O4/c1-35-21-10-8-20(9-11-21)23(24-18-29-25-6-3-2-5-22(24)25)17-30-27(33)19-31-12-14-32(15-13-31)28(34)26-7-4-16-36-26/h2-11,16,18,23,29H,12-15,17,19H2,1H3,(H,30,33)/t23-/m1/s1. The van der Waals surface area contributed by atoms with E-state index in [2.05, 4.69) is 27.3 Å². The number of carbonyl (C=O) groups is 2. The number of H-pyrrole nitrogens is 1. The molecule has 2 amide bonds. The molecule has 0 unspecified atom stereocenters. The van der Waals surface area contributed by atoms with Gasteiger partial charge in [-0.25, -0.2) is 0 Å². The Balaban J connectivity index is 1.22. The highest BCUT2D eigenvalue weighted by molar-refractivity contribution is 5.91. The summed E-state index contributed by atoms with van der Waals surface area (Å²) in [6.45, 7) is 3.19. The summed E-state index contributed by atoms with van der Waals surface area (Å²) in [5.41, 5.74) is 3.31. The van der Waals surface area contributed by atoms with Crippen LogP contribution in [0.15, 0.2) is 77.5 Å². The quantitative estimate of drug-likeness (QED) is 0.398. The molecule has 1 fully saturated rings. The number of hydrogen-bond donors (Lipinski definition) is 2. The first-order valence-electron chi connectivity index (χ1n) is 12.1. The summed E-state index contributed by atoms with van der Waals surface area (Å²) in [5, 5.41) is 4.29. The van der Waals surface area contributed by atoms with Crippen molar-refractivity contribution in [2.24, 2.45) is 0 Å². The summed E-state index contributed by atoms with van der Waals surface area (Å²) < 4.78 is 10.5. The lowest BCUT2D eigenvalue weighted by atomic mass is 9.90. The van der Waals surface area contributed by atoms with Gasteiger partial charge in [-0.2, -0.15) is 0 Å². The number of aromatic amines is 1. The first kappa shape index (κ1) is 23.7. The number of nitrogens with one attached hydrogen (secondary N) is 2. The number of para-hydroxylation sites is 1. The Morgan fingerprint density at radius 3 is 2.53 bits per heavy atom. The van der Waals surface area contributed by atoms with Crippen molar-refractivity contribution in [1.82, 2.24) is 20.1 Å². The number of piperazine rings is 1. The van der Waals surface area contributed by atoms with E-state index < -0.39 is 0 Å². The molecule has 0 saturated carbocycles. The fourth-order valence-electron chi connectivity index (χ4n) is 4.77. The van der Waals surface area contributed by atoms with Gasteiger partial charge in [0.05, 0.1) is 19.9 Å². The third kappa shape index (κ3) is 5.13. The molecular weight excluding hydrogens is 456 g/mol. The van der Waals surface area contributed by atoms with Gasteiger partial charge < -0.3 is 24.4 Å². The summed E-state index contributed by atoms with van der Waals surface area (Å²) in [7, 11) is 1.65. The van der Waals surface area contributed by atoms with Crippen molar-refractivity contribution < 1.29 is 18.7 Å². The van der Waals surface area contributed by atoms with Gasteiger partial charge in [0, 0.05) is 55.7 Å². The number of fused-ring (bicyclic) bond motifs is 1. The number of ether oxygens (including phenoxy) is 1. The minimum Gasteiger partial charge on any atom is -0.497 e. The molecule has 1 aliphatic rings. The molecule has 1 aliphatic heterocycles. The molecule has 1 saturated heterocycles. The van der Waals surface area contributed by atoms with Gasteiger partial charge in [-0.3, -0.25) is 14.5 Å². The zero-order valence-corrected chi connectivity index (χ0v) is 20.3. The summed E-state index contributed by atoms with van der Waals surface area (Å²) in [6, 6.07) is 19.6. The van der Waals surface area contributed by atoms with Crippen molar-refractivity contribution in [3.8, 4) is 5.75 Å². The van der Waals surface area contributed by atoms with Crippen LogP contribution >= 0.6 is 0 Å². The Bertz CT molecular complexity index is 1310. The third-order valence-electron chi connectivity index (χ3n) is 6.78. The molecule has 2 aromatic heterocycles. The molecule has 4 aromatic rings. The first-order chi connectivity index (χ1) is 17.6. The van der Waals surface area contributed by atoms with Crippen LogP contribution in [0.2, 0.25) is 0 Å². The van der Waals surface area contributed by atoms with Crippen LogP contribution in [-0.2, 0) is 4.79 Å². The topological polar surface area (TPSA) is 90.8 Å². The van der Waals surface area contributed by atoms with Crippen LogP contribution in [-0.4, -0.2) is 73.0 Å². The Morgan fingerprint density at radius 2 is 1.81 bits per heavy atom. The second kappa shape index (κ2) is 10.7. The van der Waals surface area contributed by atoms with Crippen molar-refractivity contribution in [3.63, 3.8) is 0 Å². The fraction of sp³-hybridized carbons (Fsp3) is 0.286. The van der Waals surface area contributed by atoms with Crippen molar-refractivity contribution in [2.75, 3.05) is 46.4 Å². The SMILES string of the molecule is COc1ccc([C@@H](CNC(=O)CN2CCN(C(=O)c3ccco3)CC2)c2c[nH]c3ccccc23)cc1. The number of rotatable bonds is 8. The van der Waals surface area contributed by atoms with Crippen LogP contribution in [0.5, 0.6) is 5.75 Å². The maximum atomic E-state index is 12.9. The Morgan fingerprint density at radius 1 is 1.03 bits per heavy atom. The smallest absolute Gasteiger partial charge is 0.289 e. The van der Waals surface area contributed by atoms with Gasteiger partial charge in [-0.1, -0.05) is 30.3 Å². The Hall–Kier alpha value is -4.04. The van der Waals surface area contributed by atoms with Gasteiger partial charge in [-0.15, -0.1) is 0 Å². The fourth-order valence-corrected chi connectivity index (χ4v) is 4.77. The largest absolute Gasteiger partial charge is 0.497 e. The van der Waals surface area contributed by atoms with Gasteiger partial charge in [0.2, 0.25) is 5.91 Å². The molecule has 2 aromatic carbocycles. The van der Waals surface area contributed by atoms with Gasteiger partial charge >= 0.3 is 0 Å². The van der Waals surface area contributed by atoms with E-state index in [-0.39, 0.29) is 17.7 Å². The number of aromatic nitrogens is 1. The maximum Gasteiger partial charge on any atom is 0.289 e. The molecule has 8 nitrogen and oxygen atoms in total. The number of carbonyl (C=O) groups excluding carboxylic acids is 2. The van der Waals surface area contributed by atoms with Crippen LogP contribution in [0.4, 0.5) is 0 Å². The van der Waals surface area contributed by atoms with E-state index in [0.717, 1.165) is 27.8 Å². The number of nitrogens with zero attached hydrogens (tertiary/aromatic N) is 2. The number of hydrogen-bond acceptors (Lipinski definition) is 5. The summed E-state index contributed by atoms with van der Waals surface area (Å²) >= 11 is 0. The van der Waals surface area contributed by atoms with Crippen molar-refractivity contribution in [2.45, 2.75) is 5.92 Å². The van der Waals surface area contributed by atoms with Crippen LogP contribution < -0.4 is 10.1 Å². The molecule has 3 heterocycles. The van der Waals surface area contributed by atoms with Crippen LogP contribution in [0, 0.1) is 0 Å². The van der Waals surface area contributed by atoms with E-state index in [1.165, 1.54) is 6.26 Å². The monoisotopic (exact) mass is 486 g/mol. The summed E-state index contributed by atoms with van der Waals surface area (Å²) in [6.07, 6.45) is 3.53. The molecule has 0 radical (unpaired) electrons. The molecular formula is C28H30N4O4. The third-order valence-corrected chi connectivity index (χ3v) is 6.78. The molecule has 0 aliphatic carbocycles. The zero-order chi connectivity index (χ0) is 24.9. The van der Waals surface area contributed by atoms with Crippen molar-refractivity contribution >= 4 is 22.7 Å². The van der Waals surface area contributed by atoms with E-state index in [1.807, 2.05) is 42.6 Å². The Labute approximate surface area is 209 Å². The molecule has 2 N–H and O–H groups in total. The summed E-state index contributed by atoms with van der Waals surface area (Å²) in [5.74, 6) is 0.997. The van der Waals surface area contributed by atoms with E-state index in [4.69, 9.17) is 9.15 Å². The van der Waals surface area contributed by atoms with Crippen LogP contribution in [0.1, 0.15) is 27.6 Å². The number of benzene rings is 2.